The second-order valence-corrected chi connectivity index (χ2v) is 6.83. The van der Waals surface area contributed by atoms with Gasteiger partial charge in [0.15, 0.2) is 11.6 Å². The molecule has 1 fully saturated rings. The fraction of sp³-hybridized carbons (Fsp3) is 0.529. The fourth-order valence-corrected chi connectivity index (χ4v) is 3.50. The number of rotatable bonds is 3. The number of hydrogen-bond acceptors (Lipinski definition) is 4. The molecule has 0 amide bonds. The summed E-state index contributed by atoms with van der Waals surface area (Å²) in [5.41, 5.74) is 6.05. The molecular weight excluding hydrogens is 300 g/mol. The third kappa shape index (κ3) is 2.34. The Morgan fingerprint density at radius 1 is 1.41 bits per heavy atom. The van der Waals surface area contributed by atoms with Crippen LogP contribution in [-0.2, 0) is 15.1 Å². The van der Waals surface area contributed by atoms with Gasteiger partial charge in [0, 0.05) is 10.6 Å². The lowest BCUT2D eigenvalue weighted by atomic mass is 9.73. The Morgan fingerprint density at radius 3 is 2.82 bits per heavy atom. The molecule has 0 spiro atoms. The molecule has 1 aromatic rings. The third-order valence-corrected chi connectivity index (χ3v) is 4.92. The second kappa shape index (κ2) is 5.67. The Hall–Kier alpha value is -1.39. The average molecular weight is 321 g/mol. The minimum atomic E-state index is -0.929. The quantitative estimate of drug-likeness (QED) is 0.930. The summed E-state index contributed by atoms with van der Waals surface area (Å²) in [6, 6.07) is 7.12. The van der Waals surface area contributed by atoms with E-state index in [0.717, 1.165) is 18.4 Å². The van der Waals surface area contributed by atoms with E-state index in [1.54, 1.807) is 6.07 Å². The first kappa shape index (κ1) is 15.5. The van der Waals surface area contributed by atoms with Gasteiger partial charge in [-0.15, -0.1) is 0 Å². The smallest absolute Gasteiger partial charge is 0.205 e. The summed E-state index contributed by atoms with van der Waals surface area (Å²) >= 11 is 6.36. The van der Waals surface area contributed by atoms with E-state index in [0.29, 0.717) is 17.3 Å². The van der Waals surface area contributed by atoms with Crippen LogP contribution in [0.3, 0.4) is 0 Å². The van der Waals surface area contributed by atoms with Crippen LogP contribution in [0.25, 0.3) is 0 Å². The summed E-state index contributed by atoms with van der Waals surface area (Å²) < 4.78 is 5.81. The molecule has 0 aromatic heterocycles. The molecule has 1 aromatic carbocycles. The van der Waals surface area contributed by atoms with Crippen LogP contribution in [-0.4, -0.2) is 23.8 Å². The minimum Gasteiger partial charge on any atom is -0.468 e. The van der Waals surface area contributed by atoms with Gasteiger partial charge in [-0.2, -0.15) is 0 Å². The zero-order valence-corrected chi connectivity index (χ0v) is 13.6. The van der Waals surface area contributed by atoms with Gasteiger partial charge in [0.05, 0.1) is 6.04 Å². The number of hydrogen-bond donors (Lipinski definition) is 1. The highest BCUT2D eigenvalue weighted by atomic mass is 35.5. The number of carbonyl (C=O) groups excluding carboxylic acids is 1. The van der Waals surface area contributed by atoms with Crippen molar-refractivity contribution in [1.29, 1.82) is 0 Å². The van der Waals surface area contributed by atoms with Gasteiger partial charge in [-0.1, -0.05) is 43.6 Å². The van der Waals surface area contributed by atoms with Crippen LogP contribution in [0.15, 0.2) is 29.3 Å². The molecule has 1 unspecified atom stereocenters. The third-order valence-electron chi connectivity index (χ3n) is 4.59. The van der Waals surface area contributed by atoms with E-state index >= 15 is 0 Å². The Balaban J connectivity index is 2.15. The van der Waals surface area contributed by atoms with Crippen LogP contribution in [0, 0.1) is 5.92 Å². The average Bonchev–Trinajstić information content (AvgIpc) is 2.47. The first-order valence-corrected chi connectivity index (χ1v) is 8.15. The number of fused-ring (bicyclic) bond motifs is 2. The molecule has 2 aliphatic rings. The Kier molecular flexibility index (Phi) is 4.00. The van der Waals surface area contributed by atoms with E-state index in [2.05, 4.69) is 0 Å². The van der Waals surface area contributed by atoms with Crippen LogP contribution < -0.4 is 5.73 Å². The van der Waals surface area contributed by atoms with E-state index in [-0.39, 0.29) is 17.7 Å². The Morgan fingerprint density at radius 2 is 2.14 bits per heavy atom. The van der Waals surface area contributed by atoms with E-state index in [9.17, 15) is 4.79 Å². The van der Waals surface area contributed by atoms with Crippen molar-refractivity contribution in [3.63, 3.8) is 0 Å². The molecule has 1 aliphatic carbocycles. The fourth-order valence-electron chi connectivity index (χ4n) is 3.21. The standard InChI is InChI=1S/C17H21ClN2O2/c1-10(2)14(19)16-20-17(11-6-3-4-7-12(11)18)9-5-8-13(22-16)15(17)21/h3-4,6-7,10,13-14H,5,8-9,19H2,1-2H3/t13-,14?,17-/m0/s1. The van der Waals surface area contributed by atoms with Gasteiger partial charge in [0.25, 0.3) is 0 Å². The first-order valence-electron chi connectivity index (χ1n) is 7.77. The predicted octanol–water partition coefficient (Wildman–Crippen LogP) is 3.07. The van der Waals surface area contributed by atoms with Gasteiger partial charge in [-0.25, -0.2) is 4.99 Å². The number of aliphatic imine (C=N–C) groups is 1. The lowest BCUT2D eigenvalue weighted by Crippen LogP contribution is -2.54. The molecule has 22 heavy (non-hydrogen) atoms. The lowest BCUT2D eigenvalue weighted by Gasteiger charge is -2.42. The summed E-state index contributed by atoms with van der Waals surface area (Å²) in [5.74, 6) is 0.682. The summed E-state index contributed by atoms with van der Waals surface area (Å²) in [6.45, 7) is 4.04. The van der Waals surface area contributed by atoms with Crippen LogP contribution in [0.2, 0.25) is 5.02 Å². The molecule has 1 aliphatic heterocycles. The SMILES string of the molecule is CC(C)C(N)C1=N[C@]2(c3ccccc3Cl)CCC[C@H](O1)C2=O. The van der Waals surface area contributed by atoms with Crippen molar-refractivity contribution in [3.8, 4) is 0 Å². The number of Topliss-reactive ketones (excluding diaryl/α,β-unsaturated/α-hetero) is 1. The van der Waals surface area contributed by atoms with Gasteiger partial charge in [0.2, 0.25) is 11.7 Å². The number of nitrogens with two attached hydrogens (primary N) is 1. The van der Waals surface area contributed by atoms with Crippen LogP contribution in [0.5, 0.6) is 0 Å². The molecule has 4 nitrogen and oxygen atoms in total. The van der Waals surface area contributed by atoms with Gasteiger partial charge < -0.3 is 10.5 Å². The van der Waals surface area contributed by atoms with Crippen LogP contribution >= 0.6 is 11.6 Å². The molecule has 0 radical (unpaired) electrons. The molecule has 5 heteroatoms. The highest BCUT2D eigenvalue weighted by Gasteiger charge is 2.52. The number of nitrogens with zero attached hydrogens (tertiary/aromatic N) is 1. The largest absolute Gasteiger partial charge is 0.468 e. The number of ether oxygens (including phenoxy) is 1. The van der Waals surface area contributed by atoms with Gasteiger partial charge in [-0.05, 0) is 31.2 Å². The zero-order chi connectivity index (χ0) is 15.9. The normalized spacial score (nSPS) is 29.0. The van der Waals surface area contributed by atoms with Crippen molar-refractivity contribution in [2.24, 2.45) is 16.6 Å². The number of ketones is 1. The summed E-state index contributed by atoms with van der Waals surface area (Å²) in [6.07, 6.45) is 1.80. The maximum Gasteiger partial charge on any atom is 0.205 e. The second-order valence-electron chi connectivity index (χ2n) is 6.42. The first-order chi connectivity index (χ1) is 10.5. The maximum atomic E-state index is 12.9. The van der Waals surface area contributed by atoms with Crippen LogP contribution in [0.1, 0.15) is 38.7 Å². The topological polar surface area (TPSA) is 64.7 Å². The Labute approximate surface area is 135 Å². The lowest BCUT2D eigenvalue weighted by molar-refractivity contribution is -0.137. The minimum absolute atomic E-state index is 0.00607. The van der Waals surface area contributed by atoms with Gasteiger partial charge >= 0.3 is 0 Å². The number of benzene rings is 1. The maximum absolute atomic E-state index is 12.9. The molecule has 1 saturated carbocycles. The highest BCUT2D eigenvalue weighted by Crippen LogP contribution is 2.44. The van der Waals surface area contributed by atoms with Crippen molar-refractivity contribution >= 4 is 23.3 Å². The highest BCUT2D eigenvalue weighted by molar-refractivity contribution is 6.32. The summed E-state index contributed by atoms with van der Waals surface area (Å²) in [5, 5.41) is 0.569. The molecule has 3 atom stereocenters. The number of carbonyl (C=O) groups is 1. The zero-order valence-electron chi connectivity index (χ0n) is 12.9. The molecule has 3 rings (SSSR count). The molecular formula is C17H21ClN2O2. The van der Waals surface area contributed by atoms with E-state index in [4.69, 9.17) is 27.1 Å². The van der Waals surface area contributed by atoms with E-state index in [1.165, 1.54) is 0 Å². The van der Waals surface area contributed by atoms with Crippen molar-refractivity contribution in [1.82, 2.24) is 0 Å². The predicted molar refractivity (Wildman–Crippen MR) is 87.1 cm³/mol. The summed E-state index contributed by atoms with van der Waals surface area (Å²) in [4.78, 5) is 17.6. The molecule has 1 heterocycles. The van der Waals surface area contributed by atoms with E-state index in [1.807, 2.05) is 32.0 Å². The summed E-state index contributed by atoms with van der Waals surface area (Å²) in [7, 11) is 0. The molecule has 2 N–H and O–H groups in total. The van der Waals surface area contributed by atoms with Crippen molar-refractivity contribution in [3.05, 3.63) is 34.9 Å². The van der Waals surface area contributed by atoms with Crippen molar-refractivity contribution < 1.29 is 9.53 Å². The van der Waals surface area contributed by atoms with E-state index < -0.39 is 11.6 Å². The van der Waals surface area contributed by atoms with Crippen LogP contribution in [0.4, 0.5) is 0 Å². The van der Waals surface area contributed by atoms with Gasteiger partial charge in [-0.3, -0.25) is 4.79 Å². The van der Waals surface area contributed by atoms with Crippen molar-refractivity contribution in [2.75, 3.05) is 0 Å². The molecule has 118 valence electrons. The molecule has 2 bridgehead atoms. The Bertz CT molecular complexity index is 629. The van der Waals surface area contributed by atoms with Gasteiger partial charge in [0.1, 0.15) is 0 Å². The number of halogens is 1. The molecule has 0 saturated heterocycles. The van der Waals surface area contributed by atoms with Crippen molar-refractivity contribution in [2.45, 2.75) is 50.8 Å². The monoisotopic (exact) mass is 320 g/mol.